The van der Waals surface area contributed by atoms with Crippen molar-refractivity contribution in [2.75, 3.05) is 26.7 Å². The molecule has 11 heteroatoms. The van der Waals surface area contributed by atoms with Gasteiger partial charge in [-0.2, -0.15) is 18.3 Å². The summed E-state index contributed by atoms with van der Waals surface area (Å²) in [6.45, 7) is 0.934. The molecule has 3 aromatic rings. The van der Waals surface area contributed by atoms with E-state index < -0.39 is 17.3 Å². The van der Waals surface area contributed by atoms with Crippen LogP contribution in [0.3, 0.4) is 0 Å². The van der Waals surface area contributed by atoms with Gasteiger partial charge in [0.25, 0.3) is 0 Å². The summed E-state index contributed by atoms with van der Waals surface area (Å²) in [7, 11) is 1.74. The SMILES string of the molecule is CN(Cc1ccccc1)C(=O)C[C@]1(COc2cccc(Cl)c2)CCCN(C(=O)Cn2ccc(C(F)(F)F)n2)C1. The van der Waals surface area contributed by atoms with Crippen LogP contribution < -0.4 is 4.74 Å². The normalized spacial score (nSPS) is 17.6. The van der Waals surface area contributed by atoms with Crippen molar-refractivity contribution in [1.29, 1.82) is 0 Å². The molecule has 0 saturated carbocycles. The van der Waals surface area contributed by atoms with Crippen LogP contribution in [-0.4, -0.2) is 58.1 Å². The minimum absolute atomic E-state index is 0.0928. The second kappa shape index (κ2) is 12.1. The Bertz CT molecular complexity index is 1280. The predicted octanol–water partition coefficient (Wildman–Crippen LogP) is 5.29. The number of ether oxygens (including phenoxy) is 1. The highest BCUT2D eigenvalue weighted by atomic mass is 35.5. The van der Waals surface area contributed by atoms with Crippen molar-refractivity contribution < 1.29 is 27.5 Å². The van der Waals surface area contributed by atoms with Crippen molar-refractivity contribution in [3.8, 4) is 5.75 Å². The van der Waals surface area contributed by atoms with E-state index in [0.717, 1.165) is 22.5 Å². The van der Waals surface area contributed by atoms with Crippen LogP contribution in [0.5, 0.6) is 5.75 Å². The fraction of sp³-hybridized carbons (Fsp3) is 0.393. The van der Waals surface area contributed by atoms with Crippen molar-refractivity contribution in [3.63, 3.8) is 0 Å². The topological polar surface area (TPSA) is 67.7 Å². The van der Waals surface area contributed by atoms with E-state index in [1.165, 1.54) is 0 Å². The third-order valence-electron chi connectivity index (χ3n) is 6.80. The second-order valence-electron chi connectivity index (χ2n) is 9.97. The van der Waals surface area contributed by atoms with Crippen LogP contribution in [0.2, 0.25) is 5.02 Å². The number of likely N-dealkylation sites (tertiary alicyclic amines) is 1. The molecule has 208 valence electrons. The Hall–Kier alpha value is -3.53. The standard InChI is InChI=1S/C28H30ClF3N4O3/c1-34(17-21-7-3-2-4-8-21)25(37)16-27(20-39-23-10-5-9-22(29)15-23)12-6-13-35(19-27)26(38)18-36-14-11-24(33-36)28(30,31)32/h2-5,7-11,14-15H,6,12-13,16-20H2,1H3/t27-/m1/s1. The lowest BCUT2D eigenvalue weighted by atomic mass is 9.77. The number of aromatic nitrogens is 2. The lowest BCUT2D eigenvalue weighted by molar-refractivity contribution is -0.143. The van der Waals surface area contributed by atoms with Crippen molar-refractivity contribution in [1.82, 2.24) is 19.6 Å². The summed E-state index contributed by atoms with van der Waals surface area (Å²) in [6, 6.07) is 17.4. The maximum absolute atomic E-state index is 13.4. The van der Waals surface area contributed by atoms with Crippen LogP contribution in [0.15, 0.2) is 66.9 Å². The zero-order valence-electron chi connectivity index (χ0n) is 21.5. The fourth-order valence-corrected chi connectivity index (χ4v) is 4.95. The molecule has 1 aliphatic heterocycles. The molecule has 4 rings (SSSR count). The monoisotopic (exact) mass is 562 g/mol. The predicted molar refractivity (Wildman–Crippen MR) is 140 cm³/mol. The Morgan fingerprint density at radius 2 is 1.90 bits per heavy atom. The zero-order valence-corrected chi connectivity index (χ0v) is 22.3. The summed E-state index contributed by atoms with van der Waals surface area (Å²) in [5.41, 5.74) is -0.750. The molecule has 0 bridgehead atoms. The summed E-state index contributed by atoms with van der Waals surface area (Å²) >= 11 is 6.10. The van der Waals surface area contributed by atoms with Gasteiger partial charge >= 0.3 is 6.18 Å². The first-order chi connectivity index (χ1) is 18.5. The van der Waals surface area contributed by atoms with Crippen molar-refractivity contribution in [2.45, 2.75) is 38.5 Å². The van der Waals surface area contributed by atoms with Crippen molar-refractivity contribution in [3.05, 3.63) is 83.1 Å². The number of alkyl halides is 3. The average Bonchev–Trinajstić information content (AvgIpc) is 3.37. The maximum Gasteiger partial charge on any atom is 0.435 e. The van der Waals surface area contributed by atoms with Gasteiger partial charge in [-0.25, -0.2) is 0 Å². The number of hydrogen-bond donors (Lipinski definition) is 0. The molecule has 1 saturated heterocycles. The Kier molecular flexibility index (Phi) is 8.84. The molecule has 0 radical (unpaired) electrons. The first kappa shape index (κ1) is 28.5. The maximum atomic E-state index is 13.4. The molecule has 39 heavy (non-hydrogen) atoms. The number of hydrogen-bond acceptors (Lipinski definition) is 4. The first-order valence-corrected chi connectivity index (χ1v) is 13.0. The van der Waals surface area contributed by atoms with Gasteiger partial charge in [0.05, 0.1) is 6.61 Å². The molecule has 7 nitrogen and oxygen atoms in total. The molecule has 2 amide bonds. The van der Waals surface area contributed by atoms with Gasteiger partial charge in [-0.3, -0.25) is 14.3 Å². The number of amides is 2. The quantitative estimate of drug-likeness (QED) is 0.355. The largest absolute Gasteiger partial charge is 0.493 e. The van der Waals surface area contributed by atoms with Gasteiger partial charge in [-0.15, -0.1) is 0 Å². The molecule has 1 aromatic heterocycles. The Morgan fingerprint density at radius 1 is 1.13 bits per heavy atom. The summed E-state index contributed by atoms with van der Waals surface area (Å²) in [5.74, 6) is 0.0834. The number of nitrogens with zero attached hydrogens (tertiary/aromatic N) is 4. The van der Waals surface area contributed by atoms with E-state index in [1.807, 2.05) is 30.3 Å². The highest BCUT2D eigenvalue weighted by molar-refractivity contribution is 6.30. The average molecular weight is 563 g/mol. The van der Waals surface area contributed by atoms with E-state index in [1.54, 1.807) is 41.1 Å². The number of benzene rings is 2. The zero-order chi connectivity index (χ0) is 28.0. The Morgan fingerprint density at radius 3 is 2.59 bits per heavy atom. The minimum Gasteiger partial charge on any atom is -0.493 e. The van der Waals surface area contributed by atoms with Gasteiger partial charge < -0.3 is 14.5 Å². The van der Waals surface area contributed by atoms with E-state index in [-0.39, 0.29) is 37.9 Å². The van der Waals surface area contributed by atoms with Gasteiger partial charge in [0.1, 0.15) is 12.3 Å². The van der Waals surface area contributed by atoms with Crippen LogP contribution in [0, 0.1) is 5.41 Å². The van der Waals surface area contributed by atoms with Crippen LogP contribution in [-0.2, 0) is 28.9 Å². The molecule has 0 unspecified atom stereocenters. The molecule has 2 aromatic carbocycles. The number of carbonyl (C=O) groups is 2. The van der Waals surface area contributed by atoms with Crippen molar-refractivity contribution in [2.24, 2.45) is 5.41 Å². The van der Waals surface area contributed by atoms with E-state index in [9.17, 15) is 22.8 Å². The number of rotatable bonds is 9. The van der Waals surface area contributed by atoms with Gasteiger partial charge in [0, 0.05) is 49.7 Å². The van der Waals surface area contributed by atoms with Gasteiger partial charge in [0.2, 0.25) is 11.8 Å². The number of halogens is 4. The molecule has 0 aliphatic carbocycles. The second-order valence-corrected chi connectivity index (χ2v) is 10.4. The van der Waals surface area contributed by atoms with Crippen molar-refractivity contribution >= 4 is 23.4 Å². The van der Waals surface area contributed by atoms with Crippen LogP contribution >= 0.6 is 11.6 Å². The van der Waals surface area contributed by atoms with Gasteiger partial charge in [0.15, 0.2) is 5.69 Å². The molecular weight excluding hydrogens is 533 g/mol. The van der Waals surface area contributed by atoms with E-state index >= 15 is 0 Å². The lowest BCUT2D eigenvalue weighted by Gasteiger charge is -2.43. The molecule has 2 heterocycles. The smallest absolute Gasteiger partial charge is 0.435 e. The number of carbonyl (C=O) groups excluding carboxylic acids is 2. The summed E-state index contributed by atoms with van der Waals surface area (Å²) < 4.78 is 45.9. The van der Waals surface area contributed by atoms with Crippen LogP contribution in [0.4, 0.5) is 13.2 Å². The van der Waals surface area contributed by atoms with E-state index in [2.05, 4.69) is 5.10 Å². The Balaban J connectivity index is 1.49. The van der Waals surface area contributed by atoms with E-state index in [4.69, 9.17) is 16.3 Å². The molecule has 1 aliphatic rings. The van der Waals surface area contributed by atoms with Gasteiger partial charge in [-0.1, -0.05) is 48.0 Å². The van der Waals surface area contributed by atoms with Crippen LogP contribution in [0.25, 0.3) is 0 Å². The molecular formula is C28H30ClF3N4O3. The Labute approximate surface area is 230 Å². The summed E-state index contributed by atoms with van der Waals surface area (Å²) in [4.78, 5) is 29.7. The minimum atomic E-state index is -4.58. The van der Waals surface area contributed by atoms with Gasteiger partial charge in [-0.05, 0) is 42.7 Å². The number of piperidine rings is 1. The summed E-state index contributed by atoms with van der Waals surface area (Å²) in [6.07, 6.45) is -2.04. The summed E-state index contributed by atoms with van der Waals surface area (Å²) in [5, 5.41) is 4.01. The fourth-order valence-electron chi connectivity index (χ4n) is 4.77. The molecule has 0 spiro atoms. The third kappa shape index (κ3) is 7.75. The molecule has 1 atom stereocenters. The molecule has 1 fully saturated rings. The highest BCUT2D eigenvalue weighted by Gasteiger charge is 2.41. The third-order valence-corrected chi connectivity index (χ3v) is 7.03. The van der Waals surface area contributed by atoms with E-state index in [0.29, 0.717) is 36.7 Å². The first-order valence-electron chi connectivity index (χ1n) is 12.6. The highest BCUT2D eigenvalue weighted by Crippen LogP contribution is 2.36. The lowest BCUT2D eigenvalue weighted by Crippen LogP contribution is -2.51. The van der Waals surface area contributed by atoms with Crippen LogP contribution in [0.1, 0.15) is 30.5 Å². The molecule has 0 N–H and O–H groups in total.